The Morgan fingerprint density at radius 1 is 1.06 bits per heavy atom. The molecule has 0 aliphatic carbocycles. The maximum absolute atomic E-state index is 14.8. The number of ether oxygens (including phenoxy) is 1. The van der Waals surface area contributed by atoms with E-state index in [1.807, 2.05) is 45.9 Å². The second-order valence-electron chi connectivity index (χ2n) is 8.34. The maximum Gasteiger partial charge on any atom is 0.413 e. The van der Waals surface area contributed by atoms with Crippen molar-refractivity contribution in [2.45, 2.75) is 39.7 Å². The molecule has 1 amide bonds. The van der Waals surface area contributed by atoms with Gasteiger partial charge in [-0.3, -0.25) is 4.98 Å². The number of halogens is 1. The molecule has 2 aromatic heterocycles. The van der Waals surface area contributed by atoms with E-state index in [2.05, 4.69) is 25.8 Å². The lowest BCUT2D eigenvalue weighted by atomic mass is 10.0. The number of hydrogen-bond donors (Lipinski definition) is 1. The number of pyridine rings is 1. The third-order valence-electron chi connectivity index (χ3n) is 5.33. The number of amides is 1. The van der Waals surface area contributed by atoms with Crippen molar-refractivity contribution in [1.29, 1.82) is 0 Å². The zero-order chi connectivity index (χ0) is 24.2. The van der Waals surface area contributed by atoms with Crippen LogP contribution in [0.2, 0.25) is 0 Å². The molecule has 0 saturated carbocycles. The van der Waals surface area contributed by atoms with E-state index >= 15 is 0 Å². The van der Waals surface area contributed by atoms with E-state index in [1.165, 1.54) is 6.07 Å². The van der Waals surface area contributed by atoms with Crippen LogP contribution in [0.15, 0.2) is 60.9 Å². The average Bonchev–Trinajstić information content (AvgIpc) is 3.30. The first-order chi connectivity index (χ1) is 16.3. The first-order valence-corrected chi connectivity index (χ1v) is 10.9. The third kappa shape index (κ3) is 5.09. The molecule has 0 fully saturated rings. The second-order valence-corrected chi connectivity index (χ2v) is 8.34. The fourth-order valence-corrected chi connectivity index (χ4v) is 3.56. The van der Waals surface area contributed by atoms with Crippen LogP contribution >= 0.6 is 0 Å². The summed E-state index contributed by atoms with van der Waals surface area (Å²) in [6.07, 6.45) is 2.67. The Balaban J connectivity index is 1.70. The monoisotopic (exact) mass is 460 g/mol. The van der Waals surface area contributed by atoms with Crippen molar-refractivity contribution in [3.8, 4) is 22.6 Å². The second kappa shape index (κ2) is 9.78. The molecule has 1 N–H and O–H groups in total. The lowest BCUT2D eigenvalue weighted by Gasteiger charge is -2.16. The number of nitrogens with zero attached hydrogens (tertiary/aromatic N) is 5. The molecule has 0 radical (unpaired) electrons. The SMILES string of the molecule is Cc1ccc(-c2cc(OC(=O)NC(C)c3ccncc3)cc(-n3nnnc3C(C)C)c2)c(F)c1. The van der Waals surface area contributed by atoms with E-state index in [4.69, 9.17) is 4.74 Å². The zero-order valence-electron chi connectivity index (χ0n) is 19.4. The number of aryl methyl sites for hydroxylation is 1. The minimum absolute atomic E-state index is 0.0450. The van der Waals surface area contributed by atoms with Gasteiger partial charge >= 0.3 is 6.09 Å². The Hall–Kier alpha value is -4.14. The van der Waals surface area contributed by atoms with Crippen molar-refractivity contribution in [2.75, 3.05) is 0 Å². The summed E-state index contributed by atoms with van der Waals surface area (Å²) in [5.41, 5.74) is 3.16. The first-order valence-electron chi connectivity index (χ1n) is 10.9. The van der Waals surface area contributed by atoms with E-state index in [-0.39, 0.29) is 23.5 Å². The summed E-state index contributed by atoms with van der Waals surface area (Å²) in [4.78, 5) is 16.6. The van der Waals surface area contributed by atoms with Gasteiger partial charge < -0.3 is 10.1 Å². The van der Waals surface area contributed by atoms with Gasteiger partial charge in [0, 0.05) is 29.9 Å². The van der Waals surface area contributed by atoms with Crippen LogP contribution in [0.4, 0.5) is 9.18 Å². The summed E-state index contributed by atoms with van der Waals surface area (Å²) in [5.74, 6) is 0.531. The minimum Gasteiger partial charge on any atom is -0.410 e. The van der Waals surface area contributed by atoms with Gasteiger partial charge in [0.25, 0.3) is 0 Å². The van der Waals surface area contributed by atoms with E-state index in [9.17, 15) is 9.18 Å². The fourth-order valence-electron chi connectivity index (χ4n) is 3.56. The summed E-state index contributed by atoms with van der Waals surface area (Å²) in [6, 6.07) is 13.3. The average molecular weight is 461 g/mol. The van der Waals surface area contributed by atoms with Crippen molar-refractivity contribution in [3.05, 3.63) is 83.7 Å². The zero-order valence-corrected chi connectivity index (χ0v) is 19.4. The lowest BCUT2D eigenvalue weighted by Crippen LogP contribution is -2.29. The standard InChI is InChI=1S/C25H25FN6O2/c1-15(2)24-29-30-31-32(24)20-12-19(22-6-5-16(3)11-23(22)26)13-21(14-20)34-25(33)28-17(4)18-7-9-27-10-8-18/h5-15,17H,1-4H3,(H,28,33). The van der Waals surface area contributed by atoms with Gasteiger partial charge in [-0.1, -0.05) is 26.0 Å². The predicted octanol–water partition coefficient (Wildman–Crippen LogP) is 5.14. The quantitative estimate of drug-likeness (QED) is 0.428. The predicted molar refractivity (Wildman–Crippen MR) is 125 cm³/mol. The maximum atomic E-state index is 14.8. The van der Waals surface area contributed by atoms with Crippen LogP contribution in [-0.4, -0.2) is 31.3 Å². The Morgan fingerprint density at radius 3 is 2.53 bits per heavy atom. The van der Waals surface area contributed by atoms with Crippen molar-refractivity contribution in [1.82, 2.24) is 30.5 Å². The largest absolute Gasteiger partial charge is 0.413 e. The van der Waals surface area contributed by atoms with Crippen molar-refractivity contribution >= 4 is 6.09 Å². The highest BCUT2D eigenvalue weighted by Crippen LogP contribution is 2.31. The van der Waals surface area contributed by atoms with Crippen molar-refractivity contribution < 1.29 is 13.9 Å². The van der Waals surface area contributed by atoms with E-state index < -0.39 is 6.09 Å². The number of benzene rings is 2. The van der Waals surface area contributed by atoms with Crippen molar-refractivity contribution in [2.24, 2.45) is 0 Å². The molecule has 2 heterocycles. The molecule has 0 aliphatic rings. The first kappa shape index (κ1) is 23.0. The topological polar surface area (TPSA) is 94.8 Å². The Labute approximate surface area is 196 Å². The van der Waals surface area contributed by atoms with Gasteiger partial charge in [-0.2, -0.15) is 4.68 Å². The molecular formula is C25H25FN6O2. The number of rotatable bonds is 6. The molecule has 1 unspecified atom stereocenters. The normalized spacial score (nSPS) is 11.9. The molecule has 34 heavy (non-hydrogen) atoms. The van der Waals surface area contributed by atoms with E-state index in [1.54, 1.807) is 41.3 Å². The van der Waals surface area contributed by atoms with Crippen molar-refractivity contribution in [3.63, 3.8) is 0 Å². The van der Waals surface area contributed by atoms with E-state index in [0.717, 1.165) is 11.1 Å². The molecule has 1 atom stereocenters. The van der Waals surface area contributed by atoms with Gasteiger partial charge in [-0.05, 0) is 71.3 Å². The van der Waals surface area contributed by atoms with Gasteiger partial charge in [0.1, 0.15) is 11.6 Å². The number of carbonyl (C=O) groups is 1. The van der Waals surface area contributed by atoms with Gasteiger partial charge in [0.05, 0.1) is 11.7 Å². The summed E-state index contributed by atoms with van der Waals surface area (Å²) in [6.45, 7) is 7.60. The molecule has 8 nitrogen and oxygen atoms in total. The lowest BCUT2D eigenvalue weighted by molar-refractivity contribution is 0.197. The Bertz CT molecular complexity index is 1310. The van der Waals surface area contributed by atoms with Crippen LogP contribution in [0.25, 0.3) is 16.8 Å². The Morgan fingerprint density at radius 2 is 1.82 bits per heavy atom. The number of hydrogen-bond acceptors (Lipinski definition) is 6. The third-order valence-corrected chi connectivity index (χ3v) is 5.33. The molecule has 4 rings (SSSR count). The molecule has 0 bridgehead atoms. The molecule has 0 aliphatic heterocycles. The minimum atomic E-state index is -0.641. The van der Waals surface area contributed by atoms with Crippen LogP contribution in [0, 0.1) is 12.7 Å². The summed E-state index contributed by atoms with van der Waals surface area (Å²) >= 11 is 0. The van der Waals surface area contributed by atoms with Crippen LogP contribution in [0.3, 0.4) is 0 Å². The number of tetrazole rings is 1. The molecule has 174 valence electrons. The van der Waals surface area contributed by atoms with Crippen LogP contribution in [0.1, 0.15) is 49.7 Å². The fraction of sp³-hybridized carbons (Fsp3) is 0.240. The van der Waals surface area contributed by atoms with Crippen LogP contribution in [0.5, 0.6) is 5.75 Å². The molecule has 0 spiro atoms. The van der Waals surface area contributed by atoms with Gasteiger partial charge in [-0.25, -0.2) is 9.18 Å². The molecular weight excluding hydrogens is 435 g/mol. The van der Waals surface area contributed by atoms with Gasteiger partial charge in [0.15, 0.2) is 5.82 Å². The van der Waals surface area contributed by atoms with Gasteiger partial charge in [0.2, 0.25) is 0 Å². The highest BCUT2D eigenvalue weighted by atomic mass is 19.1. The highest BCUT2D eigenvalue weighted by molar-refractivity contribution is 5.74. The summed E-state index contributed by atoms with van der Waals surface area (Å²) in [7, 11) is 0. The number of carbonyl (C=O) groups excluding carboxylic acids is 1. The highest BCUT2D eigenvalue weighted by Gasteiger charge is 2.17. The Kier molecular flexibility index (Phi) is 6.62. The molecule has 4 aromatic rings. The molecule has 9 heteroatoms. The summed E-state index contributed by atoms with van der Waals surface area (Å²) in [5, 5.41) is 14.8. The smallest absolute Gasteiger partial charge is 0.410 e. The summed E-state index contributed by atoms with van der Waals surface area (Å²) < 4.78 is 22.0. The van der Waals surface area contributed by atoms with E-state index in [0.29, 0.717) is 22.6 Å². The molecule has 0 saturated heterocycles. The van der Waals surface area contributed by atoms with Crippen LogP contribution < -0.4 is 10.1 Å². The van der Waals surface area contributed by atoms with Crippen LogP contribution in [-0.2, 0) is 0 Å². The molecule has 2 aromatic carbocycles. The van der Waals surface area contributed by atoms with Gasteiger partial charge in [-0.15, -0.1) is 5.10 Å². The number of nitrogens with one attached hydrogen (secondary N) is 1. The number of aromatic nitrogens is 5.